The second kappa shape index (κ2) is 5.33. The number of carbonyl (C=O) groups excluding carboxylic acids is 1. The Labute approximate surface area is 114 Å². The van der Waals surface area contributed by atoms with Gasteiger partial charge in [0.1, 0.15) is 6.54 Å². The molecule has 1 aromatic rings. The van der Waals surface area contributed by atoms with Crippen LogP contribution in [0.1, 0.15) is 25.7 Å². The molecule has 2 aliphatic heterocycles. The Morgan fingerprint density at radius 3 is 2.74 bits per heavy atom. The van der Waals surface area contributed by atoms with Gasteiger partial charge in [-0.25, -0.2) is 0 Å². The van der Waals surface area contributed by atoms with E-state index >= 15 is 0 Å². The van der Waals surface area contributed by atoms with Gasteiger partial charge in [-0.3, -0.25) is 9.48 Å². The molecular weight excluding hydrogens is 240 g/mol. The van der Waals surface area contributed by atoms with E-state index in [1.165, 1.54) is 19.4 Å². The van der Waals surface area contributed by atoms with Crippen molar-refractivity contribution in [2.45, 2.75) is 44.3 Å². The van der Waals surface area contributed by atoms with Gasteiger partial charge in [-0.05, 0) is 45.3 Å². The molecule has 1 aromatic heterocycles. The van der Waals surface area contributed by atoms with Gasteiger partial charge in [-0.1, -0.05) is 0 Å². The highest BCUT2D eigenvalue weighted by Gasteiger charge is 2.38. The first-order chi connectivity index (χ1) is 9.25. The zero-order valence-corrected chi connectivity index (χ0v) is 11.5. The highest BCUT2D eigenvalue weighted by molar-refractivity contribution is 5.76. The Hall–Kier alpha value is -1.36. The summed E-state index contributed by atoms with van der Waals surface area (Å²) in [7, 11) is 2.19. The summed E-state index contributed by atoms with van der Waals surface area (Å²) in [4.78, 5) is 16.9. The monoisotopic (exact) mass is 262 g/mol. The zero-order chi connectivity index (χ0) is 13.2. The summed E-state index contributed by atoms with van der Waals surface area (Å²) < 4.78 is 1.72. The number of hydrogen-bond acceptors (Lipinski definition) is 3. The molecule has 0 radical (unpaired) electrons. The minimum Gasteiger partial charge on any atom is -0.337 e. The lowest BCUT2D eigenvalue weighted by Crippen LogP contribution is -2.48. The van der Waals surface area contributed by atoms with Crippen molar-refractivity contribution in [3.05, 3.63) is 18.5 Å². The van der Waals surface area contributed by atoms with Gasteiger partial charge in [0, 0.05) is 31.0 Å². The van der Waals surface area contributed by atoms with E-state index in [0.717, 1.165) is 19.4 Å². The van der Waals surface area contributed by atoms with Gasteiger partial charge in [0.15, 0.2) is 0 Å². The number of rotatable bonds is 3. The fourth-order valence-electron chi connectivity index (χ4n) is 3.55. The molecule has 5 heteroatoms. The smallest absolute Gasteiger partial charge is 0.244 e. The molecule has 2 atom stereocenters. The third-order valence-electron chi connectivity index (χ3n) is 4.50. The van der Waals surface area contributed by atoms with E-state index in [2.05, 4.69) is 21.9 Å². The number of likely N-dealkylation sites (N-methyl/N-ethyl adjacent to an activating group) is 1. The minimum atomic E-state index is 0.214. The first-order valence-corrected chi connectivity index (χ1v) is 7.23. The molecule has 0 aromatic carbocycles. The van der Waals surface area contributed by atoms with Gasteiger partial charge in [0.05, 0.1) is 0 Å². The summed E-state index contributed by atoms with van der Waals surface area (Å²) in [6.45, 7) is 2.46. The SMILES string of the molecule is CN1CCCC1C1CCCN1C(=O)Cn1cccn1. The van der Waals surface area contributed by atoms with E-state index in [-0.39, 0.29) is 5.91 Å². The van der Waals surface area contributed by atoms with E-state index in [1.807, 2.05) is 12.3 Å². The average Bonchev–Trinajstić information content (AvgIpc) is 3.07. The van der Waals surface area contributed by atoms with Gasteiger partial charge in [0.2, 0.25) is 5.91 Å². The number of amides is 1. The maximum Gasteiger partial charge on any atom is 0.244 e. The second-order valence-corrected chi connectivity index (χ2v) is 5.69. The topological polar surface area (TPSA) is 41.4 Å². The van der Waals surface area contributed by atoms with Crippen LogP contribution in [0.4, 0.5) is 0 Å². The van der Waals surface area contributed by atoms with Gasteiger partial charge in [-0.15, -0.1) is 0 Å². The van der Waals surface area contributed by atoms with Crippen molar-refractivity contribution in [1.82, 2.24) is 19.6 Å². The molecule has 0 spiro atoms. The van der Waals surface area contributed by atoms with Gasteiger partial charge >= 0.3 is 0 Å². The summed E-state index contributed by atoms with van der Waals surface area (Å²) in [5.41, 5.74) is 0. The summed E-state index contributed by atoms with van der Waals surface area (Å²) >= 11 is 0. The zero-order valence-electron chi connectivity index (χ0n) is 11.5. The van der Waals surface area contributed by atoms with Crippen LogP contribution in [0.3, 0.4) is 0 Å². The quantitative estimate of drug-likeness (QED) is 0.815. The Morgan fingerprint density at radius 2 is 2.05 bits per heavy atom. The fourth-order valence-corrected chi connectivity index (χ4v) is 3.55. The molecule has 0 saturated carbocycles. The molecule has 1 amide bonds. The molecule has 104 valence electrons. The molecule has 0 N–H and O–H groups in total. The Morgan fingerprint density at radius 1 is 1.26 bits per heavy atom. The van der Waals surface area contributed by atoms with Crippen LogP contribution < -0.4 is 0 Å². The molecule has 0 bridgehead atoms. The van der Waals surface area contributed by atoms with Gasteiger partial charge in [0.25, 0.3) is 0 Å². The second-order valence-electron chi connectivity index (χ2n) is 5.69. The lowest BCUT2D eigenvalue weighted by molar-refractivity contribution is -0.133. The van der Waals surface area contributed by atoms with E-state index < -0.39 is 0 Å². The summed E-state index contributed by atoms with van der Waals surface area (Å²) in [6.07, 6.45) is 8.36. The molecule has 2 fully saturated rings. The number of carbonyl (C=O) groups is 1. The first kappa shape index (κ1) is 12.7. The maximum atomic E-state index is 12.4. The molecule has 19 heavy (non-hydrogen) atoms. The van der Waals surface area contributed by atoms with Crippen LogP contribution in [0, 0.1) is 0 Å². The number of nitrogens with zero attached hydrogens (tertiary/aromatic N) is 4. The third-order valence-corrected chi connectivity index (χ3v) is 4.50. The Balaban J connectivity index is 1.67. The van der Waals surface area contributed by atoms with Crippen LogP contribution in [0.5, 0.6) is 0 Å². The van der Waals surface area contributed by atoms with Crippen LogP contribution in [-0.2, 0) is 11.3 Å². The van der Waals surface area contributed by atoms with Crippen LogP contribution in [-0.4, -0.2) is 57.7 Å². The predicted octanol–water partition coefficient (Wildman–Crippen LogP) is 0.968. The average molecular weight is 262 g/mol. The highest BCUT2D eigenvalue weighted by Crippen LogP contribution is 2.29. The first-order valence-electron chi connectivity index (χ1n) is 7.23. The lowest BCUT2D eigenvalue weighted by Gasteiger charge is -2.33. The highest BCUT2D eigenvalue weighted by atomic mass is 16.2. The van der Waals surface area contributed by atoms with Crippen LogP contribution in [0.25, 0.3) is 0 Å². The number of likely N-dealkylation sites (tertiary alicyclic amines) is 2. The van der Waals surface area contributed by atoms with Crippen LogP contribution in [0.15, 0.2) is 18.5 Å². The summed E-state index contributed by atoms with van der Waals surface area (Å²) in [5.74, 6) is 0.214. The minimum absolute atomic E-state index is 0.214. The van der Waals surface area contributed by atoms with E-state index in [9.17, 15) is 4.79 Å². The normalized spacial score (nSPS) is 28.2. The summed E-state index contributed by atoms with van der Waals surface area (Å²) in [5, 5.41) is 4.12. The lowest BCUT2D eigenvalue weighted by atomic mass is 10.0. The fraction of sp³-hybridized carbons (Fsp3) is 0.714. The molecule has 3 rings (SSSR count). The van der Waals surface area contributed by atoms with Crippen molar-refractivity contribution >= 4 is 5.91 Å². The van der Waals surface area contributed by atoms with Crippen molar-refractivity contribution in [1.29, 1.82) is 0 Å². The molecule has 3 heterocycles. The molecule has 2 saturated heterocycles. The van der Waals surface area contributed by atoms with E-state index in [1.54, 1.807) is 10.9 Å². The third kappa shape index (κ3) is 2.52. The molecule has 2 unspecified atom stereocenters. The Kier molecular flexibility index (Phi) is 3.55. The van der Waals surface area contributed by atoms with Crippen molar-refractivity contribution < 1.29 is 4.79 Å². The number of hydrogen-bond donors (Lipinski definition) is 0. The van der Waals surface area contributed by atoms with Crippen molar-refractivity contribution in [3.63, 3.8) is 0 Å². The van der Waals surface area contributed by atoms with E-state index in [4.69, 9.17) is 0 Å². The van der Waals surface area contributed by atoms with Gasteiger partial charge < -0.3 is 9.80 Å². The standard InChI is InChI=1S/C14H22N4O/c1-16-8-2-5-12(16)13-6-3-10-18(13)14(19)11-17-9-4-7-15-17/h4,7,9,12-13H,2-3,5-6,8,10-11H2,1H3. The van der Waals surface area contributed by atoms with Crippen molar-refractivity contribution in [2.75, 3.05) is 20.1 Å². The van der Waals surface area contributed by atoms with Crippen LogP contribution in [0.2, 0.25) is 0 Å². The molecule has 2 aliphatic rings. The van der Waals surface area contributed by atoms with E-state index in [0.29, 0.717) is 18.6 Å². The predicted molar refractivity (Wildman–Crippen MR) is 72.6 cm³/mol. The molecule has 0 aliphatic carbocycles. The van der Waals surface area contributed by atoms with Gasteiger partial charge in [-0.2, -0.15) is 5.10 Å². The largest absolute Gasteiger partial charge is 0.337 e. The van der Waals surface area contributed by atoms with Crippen molar-refractivity contribution in [2.24, 2.45) is 0 Å². The van der Waals surface area contributed by atoms with Crippen molar-refractivity contribution in [3.8, 4) is 0 Å². The maximum absolute atomic E-state index is 12.4. The molecular formula is C14H22N4O. The number of aromatic nitrogens is 2. The summed E-state index contributed by atoms with van der Waals surface area (Å²) in [6, 6.07) is 2.83. The Bertz CT molecular complexity index is 431. The molecule has 5 nitrogen and oxygen atoms in total. The van der Waals surface area contributed by atoms with Crippen LogP contribution >= 0.6 is 0 Å².